The molecule has 0 fully saturated rings. The number of fused-ring (bicyclic) bond motifs is 4. The molecule has 1 spiro atoms. The first kappa shape index (κ1) is 10.8. The van der Waals surface area contributed by atoms with Gasteiger partial charge in [0.1, 0.15) is 5.60 Å². The second kappa shape index (κ2) is 3.69. The van der Waals surface area contributed by atoms with Gasteiger partial charge in [-0.1, -0.05) is 6.07 Å². The van der Waals surface area contributed by atoms with Crippen molar-refractivity contribution in [2.75, 3.05) is 6.61 Å². The van der Waals surface area contributed by atoms with Crippen LogP contribution in [0.25, 0.3) is 0 Å². The molecule has 94 valence electrons. The van der Waals surface area contributed by atoms with Gasteiger partial charge in [0, 0.05) is 6.54 Å². The van der Waals surface area contributed by atoms with Gasteiger partial charge in [-0.3, -0.25) is 0 Å². The van der Waals surface area contributed by atoms with Crippen LogP contribution >= 0.6 is 0 Å². The maximum Gasteiger partial charge on any atom is 0.135 e. The molecule has 4 heteroatoms. The standard InChI is InChI=1S/C15H13N3O/c16-8-11-1-2-13-12(7-11)3-4-15(13)14-9-17-10-18(14)5-6-19-15/h1-2,7,9-10H,3-6H2. The summed E-state index contributed by atoms with van der Waals surface area (Å²) in [7, 11) is 0. The van der Waals surface area contributed by atoms with Gasteiger partial charge in [0.25, 0.3) is 0 Å². The van der Waals surface area contributed by atoms with Crippen LogP contribution in [0.5, 0.6) is 0 Å². The second-order valence-electron chi connectivity index (χ2n) is 5.13. The van der Waals surface area contributed by atoms with E-state index in [1.165, 1.54) is 11.1 Å². The lowest BCUT2D eigenvalue weighted by Gasteiger charge is -2.35. The van der Waals surface area contributed by atoms with Crippen molar-refractivity contribution in [1.82, 2.24) is 9.55 Å². The highest BCUT2D eigenvalue weighted by Gasteiger charge is 2.45. The Kier molecular flexibility index (Phi) is 2.09. The van der Waals surface area contributed by atoms with E-state index >= 15 is 0 Å². The number of benzene rings is 1. The summed E-state index contributed by atoms with van der Waals surface area (Å²) in [6, 6.07) is 8.12. The van der Waals surface area contributed by atoms with Crippen LogP contribution in [0.2, 0.25) is 0 Å². The fourth-order valence-corrected chi connectivity index (χ4v) is 3.35. The molecule has 2 heterocycles. The first-order valence-corrected chi connectivity index (χ1v) is 6.51. The van der Waals surface area contributed by atoms with E-state index in [4.69, 9.17) is 10.00 Å². The minimum atomic E-state index is -0.349. The number of hydrogen-bond acceptors (Lipinski definition) is 3. The van der Waals surface area contributed by atoms with Crippen molar-refractivity contribution in [2.45, 2.75) is 25.0 Å². The zero-order valence-corrected chi connectivity index (χ0v) is 10.5. The van der Waals surface area contributed by atoms with E-state index in [2.05, 4.69) is 15.6 Å². The summed E-state index contributed by atoms with van der Waals surface area (Å²) in [6.45, 7) is 1.57. The smallest absolute Gasteiger partial charge is 0.135 e. The van der Waals surface area contributed by atoms with Crippen molar-refractivity contribution in [3.8, 4) is 6.07 Å². The van der Waals surface area contributed by atoms with Crippen molar-refractivity contribution in [3.05, 3.63) is 53.1 Å². The minimum absolute atomic E-state index is 0.349. The Balaban J connectivity index is 1.92. The summed E-state index contributed by atoms with van der Waals surface area (Å²) in [5.74, 6) is 0. The quantitative estimate of drug-likeness (QED) is 0.719. The number of rotatable bonds is 0. The van der Waals surface area contributed by atoms with Crippen LogP contribution in [0.3, 0.4) is 0 Å². The molecular formula is C15H13N3O. The molecule has 1 aliphatic heterocycles. The summed E-state index contributed by atoms with van der Waals surface area (Å²) in [5, 5.41) is 9.00. The number of imidazole rings is 1. The molecule has 4 nitrogen and oxygen atoms in total. The molecule has 1 atom stereocenters. The zero-order chi connectivity index (χ0) is 12.9. The molecule has 19 heavy (non-hydrogen) atoms. The summed E-state index contributed by atoms with van der Waals surface area (Å²) in [4.78, 5) is 4.26. The molecule has 1 aromatic carbocycles. The average Bonchev–Trinajstić information content (AvgIpc) is 3.05. The normalized spacial score (nSPS) is 23.9. The third-order valence-electron chi connectivity index (χ3n) is 4.22. The van der Waals surface area contributed by atoms with Crippen molar-refractivity contribution < 1.29 is 4.74 Å². The molecule has 0 saturated heterocycles. The van der Waals surface area contributed by atoms with Crippen LogP contribution in [0.15, 0.2) is 30.7 Å². The van der Waals surface area contributed by atoms with E-state index in [1.54, 1.807) is 0 Å². The van der Waals surface area contributed by atoms with Gasteiger partial charge in [0.15, 0.2) is 0 Å². The van der Waals surface area contributed by atoms with Crippen LogP contribution in [-0.4, -0.2) is 16.2 Å². The van der Waals surface area contributed by atoms with Gasteiger partial charge in [-0.15, -0.1) is 0 Å². The number of hydrogen-bond donors (Lipinski definition) is 0. The van der Waals surface area contributed by atoms with E-state index in [9.17, 15) is 0 Å². The third kappa shape index (κ3) is 1.33. The van der Waals surface area contributed by atoms with Gasteiger partial charge in [-0.2, -0.15) is 5.26 Å². The lowest BCUT2D eigenvalue weighted by atomic mass is 9.90. The molecule has 1 aromatic heterocycles. The molecule has 0 saturated carbocycles. The molecule has 0 radical (unpaired) electrons. The molecule has 4 rings (SSSR count). The minimum Gasteiger partial charge on any atom is -0.362 e. The number of aromatic nitrogens is 2. The highest BCUT2D eigenvalue weighted by atomic mass is 16.5. The summed E-state index contributed by atoms with van der Waals surface area (Å²) in [5.41, 5.74) is 3.95. The lowest BCUT2D eigenvalue weighted by Crippen LogP contribution is -2.37. The lowest BCUT2D eigenvalue weighted by molar-refractivity contribution is -0.0457. The van der Waals surface area contributed by atoms with E-state index < -0.39 is 0 Å². The van der Waals surface area contributed by atoms with Crippen molar-refractivity contribution >= 4 is 0 Å². The molecule has 1 aliphatic carbocycles. The van der Waals surface area contributed by atoms with Gasteiger partial charge in [-0.25, -0.2) is 4.98 Å². The summed E-state index contributed by atoms with van der Waals surface area (Å²) in [6.07, 6.45) is 5.67. The molecule has 2 aliphatic rings. The molecular weight excluding hydrogens is 238 g/mol. The van der Waals surface area contributed by atoms with Crippen LogP contribution in [0.1, 0.15) is 28.8 Å². The third-order valence-corrected chi connectivity index (χ3v) is 4.22. The second-order valence-corrected chi connectivity index (χ2v) is 5.13. The predicted octanol–water partition coefficient (Wildman–Crippen LogP) is 1.97. The van der Waals surface area contributed by atoms with E-state index in [1.807, 2.05) is 30.7 Å². The van der Waals surface area contributed by atoms with Crippen molar-refractivity contribution in [3.63, 3.8) is 0 Å². The number of ether oxygens (including phenoxy) is 1. The Hall–Kier alpha value is -2.12. The molecule has 1 unspecified atom stereocenters. The van der Waals surface area contributed by atoms with Crippen molar-refractivity contribution in [1.29, 1.82) is 5.26 Å². The Labute approximate surface area is 111 Å². The van der Waals surface area contributed by atoms with Gasteiger partial charge in [0.2, 0.25) is 0 Å². The highest BCUT2D eigenvalue weighted by Crippen LogP contribution is 2.46. The van der Waals surface area contributed by atoms with E-state index in [-0.39, 0.29) is 5.60 Å². The average molecular weight is 251 g/mol. The molecule has 0 N–H and O–H groups in total. The predicted molar refractivity (Wildman–Crippen MR) is 68.4 cm³/mol. The van der Waals surface area contributed by atoms with Crippen LogP contribution in [0, 0.1) is 11.3 Å². The van der Waals surface area contributed by atoms with Gasteiger partial charge >= 0.3 is 0 Å². The molecule has 2 aromatic rings. The Bertz CT molecular complexity index is 698. The SMILES string of the molecule is N#Cc1ccc2c(c1)CCC21OCCn2cncc21. The summed E-state index contributed by atoms with van der Waals surface area (Å²) >= 11 is 0. The fraction of sp³-hybridized carbons (Fsp3) is 0.333. The van der Waals surface area contributed by atoms with Gasteiger partial charge < -0.3 is 9.30 Å². The largest absolute Gasteiger partial charge is 0.362 e. The van der Waals surface area contributed by atoms with Gasteiger partial charge in [-0.05, 0) is 36.1 Å². The number of aryl methyl sites for hydroxylation is 1. The Morgan fingerprint density at radius 3 is 3.26 bits per heavy atom. The highest BCUT2D eigenvalue weighted by molar-refractivity contribution is 5.48. The number of nitrogens with zero attached hydrogens (tertiary/aromatic N) is 3. The monoisotopic (exact) mass is 251 g/mol. The zero-order valence-electron chi connectivity index (χ0n) is 10.5. The fourth-order valence-electron chi connectivity index (χ4n) is 3.35. The maximum absolute atomic E-state index is 9.00. The van der Waals surface area contributed by atoms with E-state index in [0.29, 0.717) is 6.61 Å². The summed E-state index contributed by atoms with van der Waals surface area (Å²) < 4.78 is 8.34. The maximum atomic E-state index is 9.00. The first-order valence-electron chi connectivity index (χ1n) is 6.51. The molecule has 0 bridgehead atoms. The molecule has 0 amide bonds. The van der Waals surface area contributed by atoms with Crippen molar-refractivity contribution in [2.24, 2.45) is 0 Å². The first-order chi connectivity index (χ1) is 9.33. The Morgan fingerprint density at radius 1 is 1.42 bits per heavy atom. The number of nitriles is 1. The van der Waals surface area contributed by atoms with Crippen LogP contribution in [0.4, 0.5) is 0 Å². The van der Waals surface area contributed by atoms with Crippen LogP contribution < -0.4 is 0 Å². The topological polar surface area (TPSA) is 50.8 Å². The van der Waals surface area contributed by atoms with E-state index in [0.717, 1.165) is 30.6 Å². The Morgan fingerprint density at radius 2 is 2.37 bits per heavy atom. The van der Waals surface area contributed by atoms with Crippen LogP contribution in [-0.2, 0) is 23.3 Å². The van der Waals surface area contributed by atoms with Gasteiger partial charge in [0.05, 0.1) is 36.5 Å².